The van der Waals surface area contributed by atoms with E-state index in [1.54, 1.807) is 13.0 Å². The molecule has 0 aromatic carbocycles. The number of nitrogens with one attached hydrogen (secondary N) is 1. The molecule has 0 aliphatic rings. The molecule has 0 radical (unpaired) electrons. The Balaban J connectivity index is 2.43. The van der Waals surface area contributed by atoms with Gasteiger partial charge < -0.3 is 20.7 Å². The van der Waals surface area contributed by atoms with Gasteiger partial charge in [0, 0.05) is 12.1 Å². The lowest BCUT2D eigenvalue weighted by Gasteiger charge is -2.09. The molecule has 0 bridgehead atoms. The first-order valence-electron chi connectivity index (χ1n) is 4.41. The van der Waals surface area contributed by atoms with Crippen LogP contribution in [0, 0.1) is 5.92 Å². The molecule has 1 aromatic rings. The van der Waals surface area contributed by atoms with Crippen molar-refractivity contribution in [3.05, 3.63) is 24.2 Å². The number of nitrogens with zero attached hydrogens (tertiary/aromatic N) is 1. The van der Waals surface area contributed by atoms with E-state index in [1.807, 2.05) is 0 Å². The normalized spacial score (nSPS) is 13.5. The standard InChI is InChI=1S/C9H13N3O3/c1-6(8(10)12-14)9(13)11-4-7-2-3-15-5-7/h2-3,5-6,14H,4H2,1H3,(H2,10,12)(H,11,13). The highest BCUT2D eigenvalue weighted by Gasteiger charge is 2.16. The molecule has 6 nitrogen and oxygen atoms in total. The quantitative estimate of drug-likeness (QED) is 0.288. The molecular formula is C9H13N3O3. The first-order valence-corrected chi connectivity index (χ1v) is 4.41. The number of rotatable bonds is 4. The zero-order valence-corrected chi connectivity index (χ0v) is 8.30. The third-order valence-electron chi connectivity index (χ3n) is 2.00. The molecule has 1 atom stereocenters. The molecule has 1 unspecified atom stereocenters. The van der Waals surface area contributed by atoms with Crippen LogP contribution in [-0.2, 0) is 11.3 Å². The van der Waals surface area contributed by atoms with E-state index >= 15 is 0 Å². The number of oxime groups is 1. The van der Waals surface area contributed by atoms with Gasteiger partial charge in [-0.15, -0.1) is 0 Å². The van der Waals surface area contributed by atoms with Crippen molar-refractivity contribution < 1.29 is 14.4 Å². The number of carbonyl (C=O) groups excluding carboxylic acids is 1. The molecule has 1 heterocycles. The van der Waals surface area contributed by atoms with E-state index < -0.39 is 5.92 Å². The van der Waals surface area contributed by atoms with Crippen LogP contribution in [0.1, 0.15) is 12.5 Å². The Labute approximate surface area is 86.7 Å². The Morgan fingerprint density at radius 2 is 2.53 bits per heavy atom. The van der Waals surface area contributed by atoms with Gasteiger partial charge in [-0.1, -0.05) is 5.16 Å². The summed E-state index contributed by atoms with van der Waals surface area (Å²) in [7, 11) is 0. The SMILES string of the molecule is CC(C(=O)NCc1ccoc1)/C(N)=N/O. The fourth-order valence-electron chi connectivity index (χ4n) is 0.956. The molecule has 6 heteroatoms. The van der Waals surface area contributed by atoms with Gasteiger partial charge in [-0.05, 0) is 13.0 Å². The van der Waals surface area contributed by atoms with E-state index in [0.29, 0.717) is 6.54 Å². The second-order valence-electron chi connectivity index (χ2n) is 3.10. The molecule has 1 aromatic heterocycles. The van der Waals surface area contributed by atoms with E-state index in [2.05, 4.69) is 10.5 Å². The topological polar surface area (TPSA) is 101 Å². The van der Waals surface area contributed by atoms with Crippen LogP contribution in [-0.4, -0.2) is 17.0 Å². The van der Waals surface area contributed by atoms with Gasteiger partial charge in [-0.2, -0.15) is 0 Å². The number of amidine groups is 1. The third kappa shape index (κ3) is 3.01. The second-order valence-corrected chi connectivity index (χ2v) is 3.10. The average Bonchev–Trinajstić information content (AvgIpc) is 2.76. The molecule has 15 heavy (non-hydrogen) atoms. The molecule has 4 N–H and O–H groups in total. The van der Waals surface area contributed by atoms with Gasteiger partial charge in [-0.25, -0.2) is 0 Å². The first kappa shape index (κ1) is 11.1. The lowest BCUT2D eigenvalue weighted by Crippen LogP contribution is -2.36. The average molecular weight is 211 g/mol. The third-order valence-corrected chi connectivity index (χ3v) is 2.00. The van der Waals surface area contributed by atoms with Crippen LogP contribution in [0.15, 0.2) is 28.2 Å². The molecule has 0 saturated carbocycles. The first-order chi connectivity index (χ1) is 7.15. The molecule has 82 valence electrons. The summed E-state index contributed by atoms with van der Waals surface area (Å²) in [5, 5.41) is 13.8. The molecule has 1 rings (SSSR count). The van der Waals surface area contributed by atoms with Crippen LogP contribution in [0.2, 0.25) is 0 Å². The van der Waals surface area contributed by atoms with Crippen molar-refractivity contribution in [3.63, 3.8) is 0 Å². The van der Waals surface area contributed by atoms with Crippen molar-refractivity contribution >= 4 is 11.7 Å². The summed E-state index contributed by atoms with van der Waals surface area (Å²) in [4.78, 5) is 11.4. The summed E-state index contributed by atoms with van der Waals surface area (Å²) < 4.78 is 4.84. The highest BCUT2D eigenvalue weighted by molar-refractivity contribution is 6.01. The maximum Gasteiger partial charge on any atom is 0.230 e. The van der Waals surface area contributed by atoms with Gasteiger partial charge in [0.25, 0.3) is 0 Å². The Morgan fingerprint density at radius 3 is 3.07 bits per heavy atom. The van der Waals surface area contributed by atoms with Gasteiger partial charge in [0.1, 0.15) is 0 Å². The molecule has 0 spiro atoms. The van der Waals surface area contributed by atoms with Gasteiger partial charge in [0.05, 0.1) is 18.4 Å². The molecule has 0 saturated heterocycles. The van der Waals surface area contributed by atoms with Crippen molar-refractivity contribution in [2.45, 2.75) is 13.5 Å². The summed E-state index contributed by atoms with van der Waals surface area (Å²) in [5.41, 5.74) is 6.14. The molecule has 0 fully saturated rings. The van der Waals surface area contributed by atoms with E-state index in [9.17, 15) is 4.79 Å². The molecule has 0 aliphatic heterocycles. The number of furan rings is 1. The van der Waals surface area contributed by atoms with Gasteiger partial charge in [0.15, 0.2) is 5.84 Å². The summed E-state index contributed by atoms with van der Waals surface area (Å²) in [6, 6.07) is 1.74. The number of carbonyl (C=O) groups is 1. The Kier molecular flexibility index (Phi) is 3.73. The minimum Gasteiger partial charge on any atom is -0.472 e. The zero-order valence-electron chi connectivity index (χ0n) is 8.30. The monoisotopic (exact) mass is 211 g/mol. The van der Waals surface area contributed by atoms with Crippen LogP contribution in [0.5, 0.6) is 0 Å². The van der Waals surface area contributed by atoms with E-state index in [1.165, 1.54) is 12.5 Å². The Morgan fingerprint density at radius 1 is 1.80 bits per heavy atom. The van der Waals surface area contributed by atoms with Gasteiger partial charge >= 0.3 is 0 Å². The number of amides is 1. The number of hydrogen-bond donors (Lipinski definition) is 3. The fraction of sp³-hybridized carbons (Fsp3) is 0.333. The minimum atomic E-state index is -0.651. The maximum absolute atomic E-state index is 11.4. The fourth-order valence-corrected chi connectivity index (χ4v) is 0.956. The second kappa shape index (κ2) is 5.04. The largest absolute Gasteiger partial charge is 0.472 e. The van der Waals surface area contributed by atoms with Crippen molar-refractivity contribution in [3.8, 4) is 0 Å². The van der Waals surface area contributed by atoms with Crippen LogP contribution in [0.25, 0.3) is 0 Å². The molecule has 0 aliphatic carbocycles. The summed E-state index contributed by atoms with van der Waals surface area (Å²) in [6.07, 6.45) is 3.06. The summed E-state index contributed by atoms with van der Waals surface area (Å²) in [5.74, 6) is -1.06. The smallest absolute Gasteiger partial charge is 0.230 e. The lowest BCUT2D eigenvalue weighted by atomic mass is 10.1. The summed E-state index contributed by atoms with van der Waals surface area (Å²) in [6.45, 7) is 1.91. The van der Waals surface area contributed by atoms with Crippen LogP contribution < -0.4 is 11.1 Å². The highest BCUT2D eigenvalue weighted by Crippen LogP contribution is 2.00. The number of hydrogen-bond acceptors (Lipinski definition) is 4. The van der Waals surface area contributed by atoms with Crippen LogP contribution in [0.4, 0.5) is 0 Å². The van der Waals surface area contributed by atoms with Crippen LogP contribution in [0.3, 0.4) is 0 Å². The zero-order chi connectivity index (χ0) is 11.3. The number of nitrogens with two attached hydrogens (primary N) is 1. The Hall–Kier alpha value is -1.98. The van der Waals surface area contributed by atoms with Crippen molar-refractivity contribution in [1.29, 1.82) is 0 Å². The maximum atomic E-state index is 11.4. The van der Waals surface area contributed by atoms with E-state index in [0.717, 1.165) is 5.56 Å². The van der Waals surface area contributed by atoms with Gasteiger partial charge in [-0.3, -0.25) is 4.79 Å². The molecule has 1 amide bonds. The van der Waals surface area contributed by atoms with Crippen LogP contribution >= 0.6 is 0 Å². The highest BCUT2D eigenvalue weighted by atomic mass is 16.4. The van der Waals surface area contributed by atoms with E-state index in [-0.39, 0.29) is 11.7 Å². The lowest BCUT2D eigenvalue weighted by molar-refractivity contribution is -0.122. The predicted molar refractivity (Wildman–Crippen MR) is 53.1 cm³/mol. The van der Waals surface area contributed by atoms with Crippen molar-refractivity contribution in [2.75, 3.05) is 0 Å². The molecular weight excluding hydrogens is 198 g/mol. The van der Waals surface area contributed by atoms with E-state index in [4.69, 9.17) is 15.4 Å². The minimum absolute atomic E-state index is 0.111. The Bertz CT molecular complexity index is 345. The van der Waals surface area contributed by atoms with Gasteiger partial charge in [0.2, 0.25) is 5.91 Å². The summed E-state index contributed by atoms with van der Waals surface area (Å²) >= 11 is 0. The van der Waals surface area contributed by atoms with Crippen molar-refractivity contribution in [1.82, 2.24) is 5.32 Å². The predicted octanol–water partition coefficient (Wildman–Crippen LogP) is 0.278. The van der Waals surface area contributed by atoms with Crippen molar-refractivity contribution in [2.24, 2.45) is 16.8 Å².